The fraction of sp³-hybridized carbons (Fsp3) is 0.179. The fourth-order valence-electron chi connectivity index (χ4n) is 4.27. The summed E-state index contributed by atoms with van der Waals surface area (Å²) in [7, 11) is 1.58. The van der Waals surface area contributed by atoms with Crippen molar-refractivity contribution in [2.75, 3.05) is 12.0 Å². The summed E-state index contributed by atoms with van der Waals surface area (Å²) in [6.45, 7) is 5.99. The summed E-state index contributed by atoms with van der Waals surface area (Å²) in [6.07, 6.45) is 2.12. The number of barbiturate groups is 1. The second-order valence-corrected chi connectivity index (χ2v) is 9.51. The molecule has 6 nitrogen and oxygen atoms in total. The first-order valence-corrected chi connectivity index (χ1v) is 11.9. The van der Waals surface area contributed by atoms with Crippen molar-refractivity contribution in [1.29, 1.82) is 0 Å². The normalized spacial score (nSPS) is 14.9. The highest BCUT2D eigenvalue weighted by molar-refractivity contribution is 9.10. The summed E-state index contributed by atoms with van der Waals surface area (Å²) in [4.78, 5) is 39.2. The molecule has 0 aromatic heterocycles. The maximum absolute atomic E-state index is 13.2. The minimum Gasteiger partial charge on any atom is -0.496 e. The van der Waals surface area contributed by atoms with Crippen LogP contribution >= 0.6 is 15.9 Å². The van der Waals surface area contributed by atoms with Gasteiger partial charge in [0.15, 0.2) is 0 Å². The monoisotopic (exact) mass is 532 g/mol. The van der Waals surface area contributed by atoms with Gasteiger partial charge in [-0.05, 0) is 67.8 Å². The number of carbonyl (C=O) groups excluding carboxylic acids is 3. The van der Waals surface area contributed by atoms with Crippen molar-refractivity contribution in [3.63, 3.8) is 0 Å². The summed E-state index contributed by atoms with van der Waals surface area (Å²) < 4.78 is 6.44. The van der Waals surface area contributed by atoms with Crippen molar-refractivity contribution in [1.82, 2.24) is 5.32 Å². The van der Waals surface area contributed by atoms with Gasteiger partial charge in [-0.2, -0.15) is 0 Å². The predicted molar refractivity (Wildman–Crippen MR) is 140 cm³/mol. The Hall–Kier alpha value is -3.71. The summed E-state index contributed by atoms with van der Waals surface area (Å²) >= 11 is 3.64. The molecule has 0 spiro atoms. The number of urea groups is 1. The number of amides is 4. The number of carbonyl (C=O) groups is 3. The van der Waals surface area contributed by atoms with Crippen molar-refractivity contribution in [2.45, 2.75) is 27.2 Å². The maximum Gasteiger partial charge on any atom is 0.335 e. The molecular weight excluding hydrogens is 508 g/mol. The zero-order chi connectivity index (χ0) is 25.3. The highest BCUT2D eigenvalue weighted by Gasteiger charge is 2.36. The van der Waals surface area contributed by atoms with Crippen LogP contribution in [0.1, 0.15) is 33.4 Å². The van der Waals surface area contributed by atoms with Crippen LogP contribution in [-0.2, 0) is 16.0 Å². The van der Waals surface area contributed by atoms with Gasteiger partial charge in [0.2, 0.25) is 0 Å². The van der Waals surface area contributed by atoms with E-state index in [4.69, 9.17) is 4.74 Å². The molecule has 1 saturated heterocycles. The van der Waals surface area contributed by atoms with E-state index in [1.54, 1.807) is 31.4 Å². The van der Waals surface area contributed by atoms with Crippen LogP contribution in [0.2, 0.25) is 0 Å². The highest BCUT2D eigenvalue weighted by Crippen LogP contribution is 2.33. The van der Waals surface area contributed by atoms with Crippen molar-refractivity contribution in [3.8, 4) is 5.75 Å². The summed E-state index contributed by atoms with van der Waals surface area (Å²) in [5.74, 6) is -0.794. The molecule has 7 heteroatoms. The van der Waals surface area contributed by atoms with E-state index >= 15 is 0 Å². The van der Waals surface area contributed by atoms with Gasteiger partial charge in [0.25, 0.3) is 11.8 Å². The Labute approximate surface area is 212 Å². The van der Waals surface area contributed by atoms with E-state index in [0.717, 1.165) is 26.1 Å². The van der Waals surface area contributed by atoms with E-state index in [1.807, 2.05) is 19.1 Å². The number of nitrogens with one attached hydrogen (secondary N) is 1. The third-order valence-corrected chi connectivity index (χ3v) is 6.44. The van der Waals surface area contributed by atoms with Crippen molar-refractivity contribution in [2.24, 2.45) is 0 Å². The molecule has 1 heterocycles. The molecule has 3 aromatic rings. The molecule has 0 saturated carbocycles. The molecule has 0 radical (unpaired) electrons. The zero-order valence-corrected chi connectivity index (χ0v) is 21.5. The Morgan fingerprint density at radius 2 is 1.66 bits per heavy atom. The number of ether oxygens (including phenoxy) is 1. The maximum atomic E-state index is 13.2. The van der Waals surface area contributed by atoms with Gasteiger partial charge in [-0.1, -0.05) is 57.4 Å². The Morgan fingerprint density at radius 3 is 2.31 bits per heavy atom. The Bertz CT molecular complexity index is 1370. The molecule has 0 atom stereocenters. The van der Waals surface area contributed by atoms with Gasteiger partial charge in [-0.15, -0.1) is 0 Å². The first-order valence-electron chi connectivity index (χ1n) is 11.1. The average Bonchev–Trinajstić information content (AvgIpc) is 2.77. The van der Waals surface area contributed by atoms with Gasteiger partial charge in [-0.3, -0.25) is 14.9 Å². The smallest absolute Gasteiger partial charge is 0.335 e. The number of nitrogens with zero attached hydrogens (tertiary/aromatic N) is 1. The lowest BCUT2D eigenvalue weighted by Crippen LogP contribution is -2.54. The standard InChI is InChI=1S/C28H25BrN2O4/c1-16-6-5-7-21(11-16)31-27(33)23(26(32)30-28(31)34)13-20-14-24(29)22(25(15-20)35-4)12-19-9-17(2)8-18(3)10-19/h5-11,13-15H,12H2,1-4H3,(H,30,32,34)/b23-13+. The summed E-state index contributed by atoms with van der Waals surface area (Å²) in [5.41, 5.74) is 6.22. The number of imide groups is 2. The van der Waals surface area contributed by atoms with Crippen LogP contribution in [0.5, 0.6) is 5.75 Å². The molecule has 4 rings (SSSR count). The van der Waals surface area contributed by atoms with Gasteiger partial charge in [0.1, 0.15) is 11.3 Å². The Morgan fingerprint density at radius 1 is 0.943 bits per heavy atom. The van der Waals surface area contributed by atoms with Crippen LogP contribution in [0.3, 0.4) is 0 Å². The zero-order valence-electron chi connectivity index (χ0n) is 19.9. The Balaban J connectivity index is 1.71. The van der Waals surface area contributed by atoms with E-state index in [2.05, 4.69) is 53.3 Å². The number of aryl methyl sites for hydroxylation is 3. The first-order chi connectivity index (χ1) is 16.7. The molecule has 3 aromatic carbocycles. The molecule has 35 heavy (non-hydrogen) atoms. The fourth-order valence-corrected chi connectivity index (χ4v) is 4.87. The third kappa shape index (κ3) is 5.20. The average molecular weight is 533 g/mol. The molecule has 1 aliphatic heterocycles. The molecule has 0 bridgehead atoms. The minimum atomic E-state index is -0.773. The lowest BCUT2D eigenvalue weighted by atomic mass is 9.98. The van der Waals surface area contributed by atoms with Crippen LogP contribution in [0.25, 0.3) is 6.08 Å². The molecule has 1 N–H and O–H groups in total. The van der Waals surface area contributed by atoms with E-state index in [1.165, 1.54) is 17.2 Å². The number of rotatable bonds is 5. The van der Waals surface area contributed by atoms with Crippen LogP contribution in [-0.4, -0.2) is 25.0 Å². The van der Waals surface area contributed by atoms with Crippen molar-refractivity contribution < 1.29 is 19.1 Å². The topological polar surface area (TPSA) is 75.7 Å². The van der Waals surface area contributed by atoms with Gasteiger partial charge in [0.05, 0.1) is 12.8 Å². The SMILES string of the molecule is COc1cc(/C=C2\C(=O)NC(=O)N(c3cccc(C)c3)C2=O)cc(Br)c1Cc1cc(C)cc(C)c1. The minimum absolute atomic E-state index is 0.137. The second-order valence-electron chi connectivity index (χ2n) is 8.65. The van der Waals surface area contributed by atoms with Crippen LogP contribution in [0.15, 0.2) is 64.6 Å². The van der Waals surface area contributed by atoms with Crippen molar-refractivity contribution >= 4 is 45.5 Å². The number of hydrogen-bond acceptors (Lipinski definition) is 4. The van der Waals surface area contributed by atoms with Gasteiger partial charge in [-0.25, -0.2) is 9.69 Å². The van der Waals surface area contributed by atoms with Gasteiger partial charge < -0.3 is 4.74 Å². The van der Waals surface area contributed by atoms with E-state index in [0.29, 0.717) is 23.4 Å². The largest absolute Gasteiger partial charge is 0.496 e. The predicted octanol–water partition coefficient (Wildman–Crippen LogP) is 5.64. The van der Waals surface area contributed by atoms with Crippen LogP contribution < -0.4 is 15.0 Å². The van der Waals surface area contributed by atoms with Gasteiger partial charge >= 0.3 is 6.03 Å². The molecule has 4 amide bonds. The lowest BCUT2D eigenvalue weighted by molar-refractivity contribution is -0.122. The molecule has 1 aliphatic rings. The quantitative estimate of drug-likeness (QED) is 0.340. The molecule has 178 valence electrons. The van der Waals surface area contributed by atoms with Crippen LogP contribution in [0.4, 0.5) is 10.5 Å². The van der Waals surface area contributed by atoms with Gasteiger partial charge in [0, 0.05) is 16.5 Å². The van der Waals surface area contributed by atoms with Crippen LogP contribution in [0, 0.1) is 20.8 Å². The highest BCUT2D eigenvalue weighted by atomic mass is 79.9. The third-order valence-electron chi connectivity index (χ3n) is 5.73. The van der Waals surface area contributed by atoms with E-state index < -0.39 is 17.8 Å². The number of hydrogen-bond donors (Lipinski definition) is 1. The first kappa shape index (κ1) is 24.4. The second kappa shape index (κ2) is 9.88. The van der Waals surface area contributed by atoms with E-state index in [9.17, 15) is 14.4 Å². The molecule has 0 unspecified atom stereocenters. The summed E-state index contributed by atoms with van der Waals surface area (Å²) in [6, 6.07) is 16.2. The number of methoxy groups -OCH3 is 1. The van der Waals surface area contributed by atoms with Crippen molar-refractivity contribution in [3.05, 3.63) is 98.0 Å². The molecule has 1 fully saturated rings. The number of benzene rings is 3. The summed E-state index contributed by atoms with van der Waals surface area (Å²) in [5, 5.41) is 2.26. The Kier molecular flexibility index (Phi) is 6.89. The molecular formula is C28H25BrN2O4. The number of halogens is 1. The van der Waals surface area contributed by atoms with E-state index in [-0.39, 0.29) is 5.57 Å². The lowest BCUT2D eigenvalue weighted by Gasteiger charge is -2.26. The molecule has 0 aliphatic carbocycles. The number of anilines is 1.